The average Bonchev–Trinajstić information content (AvgIpc) is 2.87. The van der Waals surface area contributed by atoms with Crippen LogP contribution in [0.3, 0.4) is 0 Å². The molecule has 0 aliphatic rings. The first-order valence-corrected chi connectivity index (χ1v) is 7.18. The van der Waals surface area contributed by atoms with Crippen molar-refractivity contribution in [3.63, 3.8) is 0 Å². The minimum absolute atomic E-state index is 0.0118. The molecule has 108 valence electrons. The Labute approximate surface area is 124 Å². The van der Waals surface area contributed by atoms with Gasteiger partial charge >= 0.3 is 0 Å². The van der Waals surface area contributed by atoms with Gasteiger partial charge in [0.1, 0.15) is 5.15 Å². The third kappa shape index (κ3) is 3.36. The molecule has 1 unspecified atom stereocenters. The van der Waals surface area contributed by atoms with Crippen molar-refractivity contribution in [1.82, 2.24) is 20.2 Å². The van der Waals surface area contributed by atoms with Crippen molar-refractivity contribution < 1.29 is 0 Å². The van der Waals surface area contributed by atoms with Gasteiger partial charge in [-0.1, -0.05) is 18.5 Å². The Morgan fingerprint density at radius 2 is 2.20 bits per heavy atom. The van der Waals surface area contributed by atoms with E-state index in [9.17, 15) is 0 Å². The van der Waals surface area contributed by atoms with Crippen molar-refractivity contribution in [3.8, 4) is 0 Å². The van der Waals surface area contributed by atoms with Gasteiger partial charge in [0.25, 0.3) is 0 Å². The largest absolute Gasteiger partial charge is 0.271 e. The molecule has 0 bridgehead atoms. The predicted octanol–water partition coefficient (Wildman–Crippen LogP) is 2.26. The second-order valence-electron chi connectivity index (χ2n) is 4.63. The minimum Gasteiger partial charge on any atom is -0.271 e. The number of nitrogens with one attached hydrogen (secondary N) is 1. The maximum atomic E-state index is 5.94. The van der Waals surface area contributed by atoms with Crippen LogP contribution < -0.4 is 11.3 Å². The molecule has 0 aromatic carbocycles. The highest BCUT2D eigenvalue weighted by Crippen LogP contribution is 2.20. The number of aryl methyl sites for hydroxylation is 2. The maximum Gasteiger partial charge on any atom is 0.129 e. The number of hydrogen-bond acceptors (Lipinski definition) is 4. The van der Waals surface area contributed by atoms with Gasteiger partial charge in [-0.05, 0) is 37.1 Å². The Hall–Kier alpha value is -1.43. The molecule has 0 radical (unpaired) electrons. The third-order valence-electron chi connectivity index (χ3n) is 3.34. The molecule has 0 saturated carbocycles. The monoisotopic (exact) mass is 293 g/mol. The minimum atomic E-state index is -0.0118. The van der Waals surface area contributed by atoms with Gasteiger partial charge in [-0.15, -0.1) is 0 Å². The summed E-state index contributed by atoms with van der Waals surface area (Å²) in [6, 6.07) is 5.88. The molecule has 2 heterocycles. The lowest BCUT2D eigenvalue weighted by molar-refractivity contribution is 0.516. The highest BCUT2D eigenvalue weighted by Gasteiger charge is 2.15. The number of nitrogens with zero attached hydrogens (tertiary/aromatic N) is 3. The SMILES string of the molecule is CCc1cc(CC(NN)c2ccnc(Cl)c2)n(CC)n1. The first kappa shape index (κ1) is 15.0. The molecule has 1 atom stereocenters. The van der Waals surface area contributed by atoms with Gasteiger partial charge in [0.05, 0.1) is 11.7 Å². The number of hydrazine groups is 1. The summed E-state index contributed by atoms with van der Waals surface area (Å²) in [7, 11) is 0. The van der Waals surface area contributed by atoms with E-state index in [0.29, 0.717) is 5.15 Å². The topological polar surface area (TPSA) is 68.8 Å². The Bertz CT molecular complexity index is 566. The molecule has 5 nitrogen and oxygen atoms in total. The van der Waals surface area contributed by atoms with Crippen LogP contribution in [0.15, 0.2) is 24.4 Å². The molecule has 2 aromatic rings. The fourth-order valence-corrected chi connectivity index (χ4v) is 2.42. The number of aromatic nitrogens is 3. The smallest absolute Gasteiger partial charge is 0.129 e. The van der Waals surface area contributed by atoms with E-state index in [4.69, 9.17) is 17.4 Å². The first-order chi connectivity index (χ1) is 9.67. The summed E-state index contributed by atoms with van der Waals surface area (Å²) in [5, 5.41) is 5.03. The Morgan fingerprint density at radius 1 is 1.40 bits per heavy atom. The zero-order valence-corrected chi connectivity index (χ0v) is 12.6. The number of pyridine rings is 1. The second-order valence-corrected chi connectivity index (χ2v) is 5.02. The van der Waals surface area contributed by atoms with Gasteiger partial charge < -0.3 is 0 Å². The summed E-state index contributed by atoms with van der Waals surface area (Å²) < 4.78 is 2.02. The van der Waals surface area contributed by atoms with Crippen molar-refractivity contribution in [2.24, 2.45) is 5.84 Å². The first-order valence-electron chi connectivity index (χ1n) is 6.81. The van der Waals surface area contributed by atoms with Crippen LogP contribution in [0.4, 0.5) is 0 Å². The second kappa shape index (κ2) is 6.83. The van der Waals surface area contributed by atoms with Crippen molar-refractivity contribution in [1.29, 1.82) is 0 Å². The molecule has 2 rings (SSSR count). The van der Waals surface area contributed by atoms with Crippen molar-refractivity contribution in [3.05, 3.63) is 46.5 Å². The standard InChI is InChI=1S/C14H20ClN5/c1-3-11-8-12(20(4-2)19-11)9-13(18-16)10-5-6-17-14(15)7-10/h5-8,13,18H,3-4,9,16H2,1-2H3. The molecular weight excluding hydrogens is 274 g/mol. The molecule has 6 heteroatoms. The normalized spacial score (nSPS) is 12.6. The fourth-order valence-electron chi connectivity index (χ4n) is 2.24. The fraction of sp³-hybridized carbons (Fsp3) is 0.429. The van der Waals surface area contributed by atoms with Gasteiger partial charge in [0.2, 0.25) is 0 Å². The van der Waals surface area contributed by atoms with Gasteiger partial charge in [-0.2, -0.15) is 5.10 Å². The van der Waals surface area contributed by atoms with Crippen LogP contribution in [0.25, 0.3) is 0 Å². The van der Waals surface area contributed by atoms with Crippen molar-refractivity contribution >= 4 is 11.6 Å². The van der Waals surface area contributed by atoms with E-state index in [1.165, 1.54) is 5.69 Å². The summed E-state index contributed by atoms with van der Waals surface area (Å²) in [6.07, 6.45) is 3.39. The molecule has 0 aliphatic carbocycles. The van der Waals surface area contributed by atoms with Crippen LogP contribution in [-0.4, -0.2) is 14.8 Å². The molecule has 0 spiro atoms. The molecular formula is C14H20ClN5. The molecule has 2 aromatic heterocycles. The highest BCUT2D eigenvalue weighted by atomic mass is 35.5. The van der Waals surface area contributed by atoms with Crippen LogP contribution in [-0.2, 0) is 19.4 Å². The van der Waals surface area contributed by atoms with Crippen molar-refractivity contribution in [2.75, 3.05) is 0 Å². The van der Waals surface area contributed by atoms with Gasteiger partial charge in [0.15, 0.2) is 0 Å². The van der Waals surface area contributed by atoms with E-state index in [1.807, 2.05) is 16.8 Å². The van der Waals surface area contributed by atoms with Gasteiger partial charge in [-0.25, -0.2) is 4.98 Å². The van der Waals surface area contributed by atoms with Gasteiger partial charge in [-0.3, -0.25) is 16.0 Å². The van der Waals surface area contributed by atoms with Crippen molar-refractivity contribution in [2.45, 2.75) is 39.3 Å². The number of rotatable bonds is 6. The average molecular weight is 294 g/mol. The third-order valence-corrected chi connectivity index (χ3v) is 3.55. The van der Waals surface area contributed by atoms with E-state index in [1.54, 1.807) is 6.20 Å². The quantitative estimate of drug-likeness (QED) is 0.487. The predicted molar refractivity (Wildman–Crippen MR) is 80.3 cm³/mol. The molecule has 0 fully saturated rings. The Kier molecular flexibility index (Phi) is 5.11. The van der Waals surface area contributed by atoms with E-state index in [-0.39, 0.29) is 6.04 Å². The molecule has 0 aliphatic heterocycles. The zero-order valence-electron chi connectivity index (χ0n) is 11.8. The van der Waals surface area contributed by atoms with E-state index in [0.717, 1.165) is 30.6 Å². The summed E-state index contributed by atoms with van der Waals surface area (Å²) in [5.41, 5.74) is 6.14. The van der Waals surface area contributed by atoms with E-state index >= 15 is 0 Å². The highest BCUT2D eigenvalue weighted by molar-refractivity contribution is 6.29. The molecule has 0 saturated heterocycles. The number of nitrogens with two attached hydrogens (primary N) is 1. The molecule has 3 N–H and O–H groups in total. The molecule has 0 amide bonds. The van der Waals surface area contributed by atoms with Gasteiger partial charge in [0, 0.05) is 24.9 Å². The van der Waals surface area contributed by atoms with Crippen LogP contribution >= 0.6 is 11.6 Å². The summed E-state index contributed by atoms with van der Waals surface area (Å²) in [4.78, 5) is 3.99. The summed E-state index contributed by atoms with van der Waals surface area (Å²) in [5.74, 6) is 5.69. The maximum absolute atomic E-state index is 5.94. The lowest BCUT2D eigenvalue weighted by Gasteiger charge is -2.16. The Morgan fingerprint density at radius 3 is 2.80 bits per heavy atom. The molecule has 20 heavy (non-hydrogen) atoms. The lowest BCUT2D eigenvalue weighted by atomic mass is 10.0. The summed E-state index contributed by atoms with van der Waals surface area (Å²) in [6.45, 7) is 5.04. The van der Waals surface area contributed by atoms with Crippen LogP contribution in [0.5, 0.6) is 0 Å². The van der Waals surface area contributed by atoms with Crippen LogP contribution in [0.2, 0.25) is 5.15 Å². The zero-order chi connectivity index (χ0) is 14.5. The van der Waals surface area contributed by atoms with E-state index in [2.05, 4.69) is 35.4 Å². The number of hydrogen-bond donors (Lipinski definition) is 2. The van der Waals surface area contributed by atoms with Crippen LogP contribution in [0.1, 0.15) is 36.8 Å². The van der Waals surface area contributed by atoms with E-state index < -0.39 is 0 Å². The Balaban J connectivity index is 2.24. The number of halogens is 1. The lowest BCUT2D eigenvalue weighted by Crippen LogP contribution is -2.30. The van der Waals surface area contributed by atoms with Crippen LogP contribution in [0, 0.1) is 0 Å². The summed E-state index contributed by atoms with van der Waals surface area (Å²) >= 11 is 5.94.